The molecular formula is C30H23Cl2N3O7. The number of ketones is 1. The molecule has 1 fully saturated rings. The number of nitrogens with zero attached hydrogens (tertiary/aromatic N) is 3. The fourth-order valence-electron chi connectivity index (χ4n) is 4.98. The normalized spacial score (nSPS) is 17.9. The summed E-state index contributed by atoms with van der Waals surface area (Å²) in [7, 11) is 0. The van der Waals surface area contributed by atoms with Gasteiger partial charge in [0.2, 0.25) is 0 Å². The van der Waals surface area contributed by atoms with Crippen LogP contribution in [0.2, 0.25) is 10.0 Å². The van der Waals surface area contributed by atoms with E-state index in [0.717, 1.165) is 15.6 Å². The molecule has 3 aromatic rings. The molecule has 5 rings (SSSR count). The van der Waals surface area contributed by atoms with E-state index >= 15 is 0 Å². The van der Waals surface area contributed by atoms with Crippen LogP contribution >= 0.6 is 23.2 Å². The first kappa shape index (κ1) is 29.0. The molecule has 1 aliphatic heterocycles. The van der Waals surface area contributed by atoms with E-state index in [2.05, 4.69) is 0 Å². The van der Waals surface area contributed by atoms with Gasteiger partial charge in [-0.3, -0.25) is 29.3 Å². The van der Waals surface area contributed by atoms with Gasteiger partial charge in [0.25, 0.3) is 23.4 Å². The summed E-state index contributed by atoms with van der Waals surface area (Å²) in [4.78, 5) is 64.3. The van der Waals surface area contributed by atoms with Gasteiger partial charge in [-0.1, -0.05) is 34.9 Å². The number of imide groups is 1. The van der Waals surface area contributed by atoms with Crippen LogP contribution in [0.5, 0.6) is 11.5 Å². The molecule has 0 N–H and O–H groups in total. The summed E-state index contributed by atoms with van der Waals surface area (Å²) < 4.78 is 5.69. The van der Waals surface area contributed by atoms with Crippen LogP contribution in [0.3, 0.4) is 0 Å². The average molecular weight is 608 g/mol. The first-order valence-corrected chi connectivity index (χ1v) is 13.6. The van der Waals surface area contributed by atoms with Gasteiger partial charge in [0.1, 0.15) is 18.0 Å². The molecule has 2 atom stereocenters. The molecule has 12 heteroatoms. The van der Waals surface area contributed by atoms with Crippen LogP contribution in [-0.4, -0.2) is 45.0 Å². The van der Waals surface area contributed by atoms with Gasteiger partial charge in [0, 0.05) is 23.3 Å². The predicted octanol–water partition coefficient (Wildman–Crippen LogP) is 6.28. The van der Waals surface area contributed by atoms with Crippen LogP contribution in [0, 0.1) is 22.0 Å². The van der Waals surface area contributed by atoms with Crippen molar-refractivity contribution in [3.63, 3.8) is 0 Å². The van der Waals surface area contributed by atoms with Crippen molar-refractivity contribution in [2.45, 2.75) is 19.8 Å². The third-order valence-corrected chi connectivity index (χ3v) is 7.93. The second-order valence-corrected chi connectivity index (χ2v) is 10.8. The topological polar surface area (TPSA) is 127 Å². The van der Waals surface area contributed by atoms with E-state index in [4.69, 9.17) is 27.9 Å². The van der Waals surface area contributed by atoms with Crippen LogP contribution in [0.25, 0.3) is 0 Å². The molecule has 3 amide bonds. The number of carbonyl (C=O) groups excluding carboxylic acids is 4. The highest BCUT2D eigenvalue weighted by Gasteiger charge is 2.51. The van der Waals surface area contributed by atoms with Crippen molar-refractivity contribution in [1.82, 2.24) is 10.0 Å². The van der Waals surface area contributed by atoms with Gasteiger partial charge in [-0.05, 0) is 74.4 Å². The van der Waals surface area contributed by atoms with Crippen LogP contribution < -0.4 is 4.74 Å². The van der Waals surface area contributed by atoms with Gasteiger partial charge >= 0.3 is 0 Å². The lowest BCUT2D eigenvalue weighted by Gasteiger charge is -2.30. The van der Waals surface area contributed by atoms with Crippen molar-refractivity contribution in [3.05, 3.63) is 110 Å². The van der Waals surface area contributed by atoms with Gasteiger partial charge < -0.3 is 4.74 Å². The van der Waals surface area contributed by atoms with E-state index < -0.39 is 46.8 Å². The minimum absolute atomic E-state index is 0.0498. The Morgan fingerprint density at radius 2 is 1.52 bits per heavy atom. The molecule has 0 unspecified atom stereocenters. The Hall–Kier alpha value is -4.54. The summed E-state index contributed by atoms with van der Waals surface area (Å²) in [6.45, 7) is 1.29. The minimum Gasteiger partial charge on any atom is -0.457 e. The lowest BCUT2D eigenvalue weighted by molar-refractivity contribution is -0.384. The van der Waals surface area contributed by atoms with E-state index in [1.165, 1.54) is 66.7 Å². The number of hydrogen-bond acceptors (Lipinski definition) is 7. The van der Waals surface area contributed by atoms with Crippen LogP contribution in [-0.2, 0) is 9.59 Å². The summed E-state index contributed by atoms with van der Waals surface area (Å²) in [5.74, 6) is -2.88. The number of nitro groups is 1. The van der Waals surface area contributed by atoms with Crippen molar-refractivity contribution in [2.75, 3.05) is 6.54 Å². The Kier molecular flexibility index (Phi) is 8.11. The lowest BCUT2D eigenvalue weighted by atomic mass is 9.82. The molecule has 0 spiro atoms. The van der Waals surface area contributed by atoms with Gasteiger partial charge in [-0.15, -0.1) is 0 Å². The fraction of sp³-hybridized carbons (Fsp3) is 0.200. The standard InChI is InChI=1S/C30H23Cl2N3O7/c1-17-2-12-23-24(14-17)30(39)34(29(23)38)33(28(37)19-5-13-25(31)26(32)15-19)16-27(36)18-3-8-21(9-4-18)42-22-10-6-20(7-11-22)35(40)41/h2-11,13,15,23-24H,12,14,16H2,1H3/t23-,24-/m0/s1. The maximum absolute atomic E-state index is 13.7. The summed E-state index contributed by atoms with van der Waals surface area (Å²) in [6, 6.07) is 15.6. The largest absolute Gasteiger partial charge is 0.457 e. The molecule has 42 heavy (non-hydrogen) atoms. The molecule has 3 aromatic carbocycles. The number of hydrogen-bond donors (Lipinski definition) is 0. The highest BCUT2D eigenvalue weighted by molar-refractivity contribution is 6.42. The highest BCUT2D eigenvalue weighted by Crippen LogP contribution is 2.39. The zero-order valence-electron chi connectivity index (χ0n) is 22.2. The lowest BCUT2D eigenvalue weighted by Crippen LogP contribution is -2.52. The summed E-state index contributed by atoms with van der Waals surface area (Å²) in [5.41, 5.74) is 1.15. The highest BCUT2D eigenvalue weighted by atomic mass is 35.5. The SMILES string of the molecule is CC1=CC[C@@H]2C(=O)N(N(CC(=O)c3ccc(Oc4ccc([N+](=O)[O-])cc4)cc3)C(=O)c3ccc(Cl)c(Cl)c3)C(=O)[C@H]2C1. The Bertz CT molecular complexity index is 1640. The number of rotatable bonds is 8. The third-order valence-electron chi connectivity index (χ3n) is 7.20. The molecule has 0 bridgehead atoms. The number of halogens is 2. The molecule has 0 radical (unpaired) electrons. The maximum Gasteiger partial charge on any atom is 0.273 e. The minimum atomic E-state index is -0.759. The van der Waals surface area contributed by atoms with Crippen molar-refractivity contribution >= 4 is 52.4 Å². The van der Waals surface area contributed by atoms with Crippen molar-refractivity contribution in [1.29, 1.82) is 0 Å². The summed E-state index contributed by atoms with van der Waals surface area (Å²) in [5, 5.41) is 12.8. The molecule has 2 aliphatic rings. The number of amides is 3. The van der Waals surface area contributed by atoms with E-state index in [1.54, 1.807) is 0 Å². The maximum atomic E-state index is 13.7. The summed E-state index contributed by atoms with van der Waals surface area (Å²) in [6.07, 6.45) is 2.67. The molecule has 1 aliphatic carbocycles. The molecular weight excluding hydrogens is 585 g/mol. The smallest absolute Gasteiger partial charge is 0.273 e. The van der Waals surface area contributed by atoms with E-state index in [9.17, 15) is 29.3 Å². The van der Waals surface area contributed by atoms with E-state index in [-0.39, 0.29) is 26.9 Å². The molecule has 1 saturated heterocycles. The second-order valence-electron chi connectivity index (χ2n) is 9.98. The molecule has 1 heterocycles. The number of Topliss-reactive ketones (excluding diaryl/α,β-unsaturated/α-hetero) is 1. The van der Waals surface area contributed by atoms with Crippen molar-refractivity contribution < 1.29 is 28.8 Å². The Morgan fingerprint density at radius 1 is 0.929 bits per heavy atom. The summed E-state index contributed by atoms with van der Waals surface area (Å²) >= 11 is 12.1. The zero-order chi connectivity index (χ0) is 30.1. The average Bonchev–Trinajstić information content (AvgIpc) is 3.21. The Balaban J connectivity index is 1.39. The second kappa shape index (κ2) is 11.8. The van der Waals surface area contributed by atoms with Crippen LogP contribution in [0.1, 0.15) is 40.5 Å². The number of hydrazine groups is 1. The zero-order valence-corrected chi connectivity index (χ0v) is 23.7. The quantitative estimate of drug-likeness (QED) is 0.0969. The Morgan fingerprint density at radius 3 is 2.14 bits per heavy atom. The third kappa shape index (κ3) is 5.77. The monoisotopic (exact) mass is 607 g/mol. The molecule has 0 saturated carbocycles. The van der Waals surface area contributed by atoms with Gasteiger partial charge in [-0.2, -0.15) is 5.01 Å². The number of nitro benzene ring substituents is 1. The van der Waals surface area contributed by atoms with Crippen LogP contribution in [0.4, 0.5) is 5.69 Å². The van der Waals surface area contributed by atoms with E-state index in [1.807, 2.05) is 13.0 Å². The number of non-ortho nitro benzene ring substituents is 1. The van der Waals surface area contributed by atoms with Crippen molar-refractivity contribution in [2.24, 2.45) is 11.8 Å². The number of fused-ring (bicyclic) bond motifs is 1. The van der Waals surface area contributed by atoms with Gasteiger partial charge in [-0.25, -0.2) is 5.01 Å². The number of allylic oxidation sites excluding steroid dienone is 2. The van der Waals surface area contributed by atoms with Gasteiger partial charge in [0.15, 0.2) is 5.78 Å². The fourth-order valence-corrected chi connectivity index (χ4v) is 5.28. The first-order valence-electron chi connectivity index (χ1n) is 12.9. The van der Waals surface area contributed by atoms with E-state index in [0.29, 0.717) is 24.3 Å². The van der Waals surface area contributed by atoms with Crippen molar-refractivity contribution in [3.8, 4) is 11.5 Å². The predicted molar refractivity (Wildman–Crippen MR) is 153 cm³/mol. The number of ether oxygens (including phenoxy) is 1. The molecule has 0 aromatic heterocycles. The van der Waals surface area contributed by atoms with Gasteiger partial charge in [0.05, 0.1) is 26.8 Å². The first-order chi connectivity index (χ1) is 20.0. The molecule has 10 nitrogen and oxygen atoms in total. The molecule has 214 valence electrons. The Labute approximate surface area is 250 Å². The number of carbonyl (C=O) groups is 4. The number of benzene rings is 3. The van der Waals surface area contributed by atoms with Crippen LogP contribution in [0.15, 0.2) is 78.4 Å².